The molecular formula is C9H17F2N. The molecule has 0 unspecified atom stereocenters. The Kier molecular flexibility index (Phi) is 2.43. The lowest BCUT2D eigenvalue weighted by atomic mass is 9.71. The average molecular weight is 177 g/mol. The van der Waals surface area contributed by atoms with Gasteiger partial charge in [0, 0.05) is 24.4 Å². The second kappa shape index (κ2) is 2.95. The van der Waals surface area contributed by atoms with Gasteiger partial charge in [-0.05, 0) is 6.42 Å². The summed E-state index contributed by atoms with van der Waals surface area (Å²) < 4.78 is 25.3. The molecule has 0 spiro atoms. The van der Waals surface area contributed by atoms with E-state index in [-0.39, 0.29) is 18.4 Å². The van der Waals surface area contributed by atoms with E-state index in [1.165, 1.54) is 0 Å². The van der Waals surface area contributed by atoms with E-state index in [9.17, 15) is 8.78 Å². The van der Waals surface area contributed by atoms with Crippen molar-refractivity contribution in [2.45, 2.75) is 57.5 Å². The van der Waals surface area contributed by atoms with Crippen molar-refractivity contribution < 1.29 is 8.78 Å². The number of alkyl halides is 2. The standard InChI is InChI=1S/C9H17F2N/c1-4-8(12-7(2)3)5-9(10,11)6-8/h7,12H,4-6H2,1-3H3. The van der Waals surface area contributed by atoms with Crippen LogP contribution in [-0.4, -0.2) is 17.5 Å². The van der Waals surface area contributed by atoms with Crippen molar-refractivity contribution in [2.75, 3.05) is 0 Å². The van der Waals surface area contributed by atoms with Crippen molar-refractivity contribution >= 4 is 0 Å². The summed E-state index contributed by atoms with van der Waals surface area (Å²) in [6.45, 7) is 5.95. The lowest BCUT2D eigenvalue weighted by molar-refractivity contribution is -0.137. The van der Waals surface area contributed by atoms with E-state index in [0.717, 1.165) is 6.42 Å². The van der Waals surface area contributed by atoms with Crippen LogP contribution in [0.15, 0.2) is 0 Å². The van der Waals surface area contributed by atoms with Gasteiger partial charge >= 0.3 is 0 Å². The highest BCUT2D eigenvalue weighted by Gasteiger charge is 2.55. The molecule has 0 atom stereocenters. The van der Waals surface area contributed by atoms with Gasteiger partial charge in [-0.25, -0.2) is 8.78 Å². The first kappa shape index (κ1) is 9.90. The van der Waals surface area contributed by atoms with E-state index in [4.69, 9.17) is 0 Å². The van der Waals surface area contributed by atoms with Crippen LogP contribution in [0.5, 0.6) is 0 Å². The second-order valence-electron chi connectivity index (χ2n) is 4.14. The number of hydrogen-bond acceptors (Lipinski definition) is 1. The molecule has 0 aromatic heterocycles. The lowest BCUT2D eigenvalue weighted by Gasteiger charge is -2.48. The van der Waals surface area contributed by atoms with Crippen LogP contribution in [0.2, 0.25) is 0 Å². The molecule has 1 fully saturated rings. The average Bonchev–Trinajstić information content (AvgIpc) is 1.81. The van der Waals surface area contributed by atoms with Crippen LogP contribution in [0, 0.1) is 0 Å². The molecule has 0 aromatic rings. The van der Waals surface area contributed by atoms with Crippen LogP contribution in [0.25, 0.3) is 0 Å². The topological polar surface area (TPSA) is 12.0 Å². The van der Waals surface area contributed by atoms with Gasteiger partial charge in [0.05, 0.1) is 0 Å². The Morgan fingerprint density at radius 1 is 1.33 bits per heavy atom. The van der Waals surface area contributed by atoms with Gasteiger partial charge in [-0.1, -0.05) is 20.8 Å². The molecule has 1 aliphatic rings. The summed E-state index contributed by atoms with van der Waals surface area (Å²) in [5.74, 6) is -2.42. The van der Waals surface area contributed by atoms with E-state index in [1.54, 1.807) is 0 Å². The smallest absolute Gasteiger partial charge is 0.251 e. The molecule has 0 aromatic carbocycles. The molecule has 0 radical (unpaired) electrons. The van der Waals surface area contributed by atoms with Crippen LogP contribution in [0.4, 0.5) is 8.78 Å². The normalized spacial score (nSPS) is 25.5. The van der Waals surface area contributed by atoms with Crippen LogP contribution in [0.1, 0.15) is 40.0 Å². The molecule has 0 bridgehead atoms. The highest BCUT2D eigenvalue weighted by atomic mass is 19.3. The predicted molar refractivity (Wildman–Crippen MR) is 45.5 cm³/mol. The minimum atomic E-state index is -2.42. The van der Waals surface area contributed by atoms with E-state index >= 15 is 0 Å². The first-order valence-corrected chi connectivity index (χ1v) is 4.55. The van der Waals surface area contributed by atoms with Gasteiger partial charge in [0.15, 0.2) is 0 Å². The van der Waals surface area contributed by atoms with E-state index in [1.807, 2.05) is 20.8 Å². The maximum atomic E-state index is 12.6. The summed E-state index contributed by atoms with van der Waals surface area (Å²) in [4.78, 5) is 0. The molecule has 1 aliphatic carbocycles. The molecule has 3 heteroatoms. The molecule has 72 valence electrons. The van der Waals surface area contributed by atoms with Gasteiger partial charge in [-0.3, -0.25) is 0 Å². The Labute approximate surface area is 72.5 Å². The van der Waals surface area contributed by atoms with Gasteiger partial charge in [0.2, 0.25) is 0 Å². The van der Waals surface area contributed by atoms with Crippen LogP contribution in [0.3, 0.4) is 0 Å². The molecule has 0 saturated heterocycles. The summed E-state index contributed by atoms with van der Waals surface area (Å²) in [5, 5.41) is 3.22. The third-order valence-electron chi connectivity index (χ3n) is 2.47. The zero-order chi connectivity index (χ0) is 9.41. The zero-order valence-corrected chi connectivity index (χ0v) is 7.95. The van der Waals surface area contributed by atoms with Crippen molar-refractivity contribution in [1.82, 2.24) is 5.32 Å². The van der Waals surface area contributed by atoms with Crippen LogP contribution in [-0.2, 0) is 0 Å². The first-order chi connectivity index (χ1) is 5.39. The summed E-state index contributed by atoms with van der Waals surface area (Å²) in [7, 11) is 0. The van der Waals surface area contributed by atoms with Gasteiger partial charge < -0.3 is 5.32 Å². The Hall–Kier alpha value is -0.180. The largest absolute Gasteiger partial charge is 0.309 e. The Morgan fingerprint density at radius 3 is 2.08 bits per heavy atom. The quantitative estimate of drug-likeness (QED) is 0.698. The minimum absolute atomic E-state index is 0.00861. The summed E-state index contributed by atoms with van der Waals surface area (Å²) >= 11 is 0. The van der Waals surface area contributed by atoms with E-state index in [2.05, 4.69) is 5.32 Å². The zero-order valence-electron chi connectivity index (χ0n) is 7.95. The third-order valence-corrected chi connectivity index (χ3v) is 2.47. The summed E-state index contributed by atoms with van der Waals surface area (Å²) in [6.07, 6.45) is 0.810. The minimum Gasteiger partial charge on any atom is -0.309 e. The maximum absolute atomic E-state index is 12.6. The Morgan fingerprint density at radius 2 is 1.83 bits per heavy atom. The van der Waals surface area contributed by atoms with Crippen molar-refractivity contribution in [1.29, 1.82) is 0 Å². The lowest BCUT2D eigenvalue weighted by Crippen LogP contribution is -2.62. The molecule has 1 nitrogen and oxygen atoms in total. The second-order valence-corrected chi connectivity index (χ2v) is 4.14. The third kappa shape index (κ3) is 1.94. The van der Waals surface area contributed by atoms with Gasteiger partial charge in [0.25, 0.3) is 5.92 Å². The number of nitrogens with one attached hydrogen (secondary N) is 1. The fourth-order valence-corrected chi connectivity index (χ4v) is 2.00. The fraction of sp³-hybridized carbons (Fsp3) is 1.00. The van der Waals surface area contributed by atoms with E-state index < -0.39 is 5.92 Å². The number of rotatable bonds is 3. The molecule has 0 amide bonds. The molecule has 1 N–H and O–H groups in total. The van der Waals surface area contributed by atoms with Crippen molar-refractivity contribution in [2.24, 2.45) is 0 Å². The van der Waals surface area contributed by atoms with E-state index in [0.29, 0.717) is 6.04 Å². The van der Waals surface area contributed by atoms with Crippen LogP contribution >= 0.6 is 0 Å². The van der Waals surface area contributed by atoms with Gasteiger partial charge in [-0.2, -0.15) is 0 Å². The predicted octanol–water partition coefficient (Wildman–Crippen LogP) is 2.56. The highest BCUT2D eigenvalue weighted by Crippen LogP contribution is 2.47. The van der Waals surface area contributed by atoms with Gasteiger partial charge in [0.1, 0.15) is 0 Å². The Bertz CT molecular complexity index is 152. The summed E-state index contributed by atoms with van der Waals surface area (Å²) in [5.41, 5.74) is -0.280. The Balaban J connectivity index is 2.47. The molecule has 0 heterocycles. The molecule has 1 rings (SSSR count). The molecule has 0 aliphatic heterocycles. The SMILES string of the molecule is CCC1(NC(C)C)CC(F)(F)C1. The first-order valence-electron chi connectivity index (χ1n) is 4.55. The maximum Gasteiger partial charge on any atom is 0.251 e. The molecular weight excluding hydrogens is 160 g/mol. The van der Waals surface area contributed by atoms with Crippen molar-refractivity contribution in [3.8, 4) is 0 Å². The van der Waals surface area contributed by atoms with Crippen molar-refractivity contribution in [3.63, 3.8) is 0 Å². The monoisotopic (exact) mass is 177 g/mol. The van der Waals surface area contributed by atoms with Crippen molar-refractivity contribution in [3.05, 3.63) is 0 Å². The summed E-state index contributed by atoms with van der Waals surface area (Å²) in [6, 6.07) is 0.293. The fourth-order valence-electron chi connectivity index (χ4n) is 2.00. The molecule has 1 saturated carbocycles. The van der Waals surface area contributed by atoms with Gasteiger partial charge in [-0.15, -0.1) is 0 Å². The van der Waals surface area contributed by atoms with Crippen LogP contribution < -0.4 is 5.32 Å². The molecule has 12 heavy (non-hydrogen) atoms. The number of hydrogen-bond donors (Lipinski definition) is 1. The number of halogens is 2. The highest BCUT2D eigenvalue weighted by molar-refractivity contribution is 5.05.